The van der Waals surface area contributed by atoms with Crippen molar-refractivity contribution in [3.05, 3.63) is 28.7 Å². The van der Waals surface area contributed by atoms with Gasteiger partial charge < -0.3 is 9.84 Å². The molecule has 0 aliphatic heterocycles. The first-order valence-corrected chi connectivity index (χ1v) is 4.95. The van der Waals surface area contributed by atoms with Crippen LogP contribution in [0.3, 0.4) is 0 Å². The summed E-state index contributed by atoms with van der Waals surface area (Å²) in [4.78, 5) is 0. The lowest BCUT2D eigenvalue weighted by molar-refractivity contribution is 0.111. The molecule has 1 unspecified atom stereocenters. The molecule has 4 heteroatoms. The summed E-state index contributed by atoms with van der Waals surface area (Å²) in [5.41, 5.74) is 0. The van der Waals surface area contributed by atoms with Crippen LogP contribution in [0.5, 0.6) is 5.75 Å². The summed E-state index contributed by atoms with van der Waals surface area (Å²) in [5.74, 6) is 0.677. The molecular weight excluding hydrogens is 246 g/mol. The van der Waals surface area contributed by atoms with Crippen LogP contribution in [0.25, 0.3) is 0 Å². The zero-order valence-electron chi connectivity index (χ0n) is 7.48. The second-order valence-corrected chi connectivity index (χ2v) is 3.70. The average molecular weight is 256 g/mol. The Morgan fingerprint density at radius 1 is 1.57 bits per heavy atom. The molecule has 3 nitrogen and oxygen atoms in total. The van der Waals surface area contributed by atoms with Crippen molar-refractivity contribution >= 4 is 15.9 Å². The zero-order chi connectivity index (χ0) is 10.4. The van der Waals surface area contributed by atoms with Gasteiger partial charge in [0.25, 0.3) is 0 Å². The van der Waals surface area contributed by atoms with Crippen LogP contribution in [0.4, 0.5) is 0 Å². The molecule has 1 aromatic carbocycles. The molecular formula is C10H10BrNO2. The number of halogens is 1. The fourth-order valence-corrected chi connectivity index (χ4v) is 1.29. The third kappa shape index (κ3) is 3.77. The maximum Gasteiger partial charge on any atom is 0.120 e. The third-order valence-corrected chi connectivity index (χ3v) is 2.06. The molecule has 1 N–H and O–H groups in total. The number of aliphatic hydroxyl groups is 1. The normalized spacial score (nSPS) is 11.8. The fraction of sp³-hybridized carbons (Fsp3) is 0.300. The van der Waals surface area contributed by atoms with Gasteiger partial charge in [0.2, 0.25) is 0 Å². The summed E-state index contributed by atoms with van der Waals surface area (Å²) in [6.07, 6.45) is -0.632. The van der Waals surface area contributed by atoms with Gasteiger partial charge in [-0.25, -0.2) is 0 Å². The maximum absolute atomic E-state index is 9.22. The van der Waals surface area contributed by atoms with Crippen molar-refractivity contribution < 1.29 is 9.84 Å². The molecule has 1 aromatic rings. The third-order valence-electron chi connectivity index (χ3n) is 1.57. The molecule has 0 radical (unpaired) electrons. The number of rotatable bonds is 4. The Hall–Kier alpha value is -1.05. The van der Waals surface area contributed by atoms with E-state index in [0.717, 1.165) is 4.47 Å². The highest BCUT2D eigenvalue weighted by Crippen LogP contribution is 2.17. The van der Waals surface area contributed by atoms with E-state index in [9.17, 15) is 5.11 Å². The minimum absolute atomic E-state index is 0.0913. The van der Waals surface area contributed by atoms with Crippen molar-refractivity contribution in [2.45, 2.75) is 12.5 Å². The van der Waals surface area contributed by atoms with E-state index < -0.39 is 6.10 Å². The number of benzene rings is 1. The Morgan fingerprint density at radius 3 is 3.00 bits per heavy atom. The van der Waals surface area contributed by atoms with Gasteiger partial charge in [-0.2, -0.15) is 5.26 Å². The molecule has 74 valence electrons. The Kier molecular flexibility index (Phi) is 4.44. The first-order chi connectivity index (χ1) is 6.72. The van der Waals surface area contributed by atoms with E-state index >= 15 is 0 Å². The summed E-state index contributed by atoms with van der Waals surface area (Å²) in [6, 6.07) is 9.21. The topological polar surface area (TPSA) is 53.2 Å². The van der Waals surface area contributed by atoms with E-state index in [-0.39, 0.29) is 13.0 Å². The van der Waals surface area contributed by atoms with Gasteiger partial charge in [0.15, 0.2) is 0 Å². The first kappa shape index (κ1) is 11.0. The Balaban J connectivity index is 2.42. The predicted molar refractivity (Wildman–Crippen MR) is 55.9 cm³/mol. The molecule has 0 aliphatic carbocycles. The maximum atomic E-state index is 9.22. The predicted octanol–water partition coefficient (Wildman–Crippen LogP) is 2.10. The van der Waals surface area contributed by atoms with Crippen molar-refractivity contribution in [2.75, 3.05) is 6.61 Å². The van der Waals surface area contributed by atoms with Gasteiger partial charge in [-0.3, -0.25) is 0 Å². The Bertz CT molecular complexity index is 335. The van der Waals surface area contributed by atoms with E-state index in [1.165, 1.54) is 0 Å². The Morgan fingerprint density at radius 2 is 2.36 bits per heavy atom. The molecule has 0 saturated carbocycles. The van der Waals surface area contributed by atoms with Crippen LogP contribution in [0, 0.1) is 11.3 Å². The molecule has 0 aromatic heterocycles. The van der Waals surface area contributed by atoms with Crippen LogP contribution in [0.1, 0.15) is 6.42 Å². The second kappa shape index (κ2) is 5.63. The summed E-state index contributed by atoms with van der Waals surface area (Å²) in [7, 11) is 0. The molecule has 0 heterocycles. The summed E-state index contributed by atoms with van der Waals surface area (Å²) in [5, 5.41) is 17.5. The van der Waals surface area contributed by atoms with E-state index in [0.29, 0.717) is 5.75 Å². The Labute approximate surface area is 91.1 Å². The van der Waals surface area contributed by atoms with Gasteiger partial charge in [-0.1, -0.05) is 22.0 Å². The van der Waals surface area contributed by atoms with E-state index in [4.69, 9.17) is 10.00 Å². The molecule has 0 amide bonds. The van der Waals surface area contributed by atoms with Crippen LogP contribution in [0.2, 0.25) is 0 Å². The van der Waals surface area contributed by atoms with Crippen molar-refractivity contribution in [1.82, 2.24) is 0 Å². The largest absolute Gasteiger partial charge is 0.491 e. The van der Waals surface area contributed by atoms with Crippen molar-refractivity contribution in [1.29, 1.82) is 5.26 Å². The molecule has 0 fully saturated rings. The average Bonchev–Trinajstić information content (AvgIpc) is 2.15. The molecule has 14 heavy (non-hydrogen) atoms. The lowest BCUT2D eigenvalue weighted by Crippen LogP contribution is -2.16. The van der Waals surface area contributed by atoms with Crippen LogP contribution in [-0.2, 0) is 0 Å². The van der Waals surface area contributed by atoms with Crippen LogP contribution < -0.4 is 4.74 Å². The number of aliphatic hydroxyl groups excluding tert-OH is 1. The number of ether oxygens (including phenoxy) is 1. The van der Waals surface area contributed by atoms with Gasteiger partial charge in [-0.05, 0) is 18.2 Å². The monoisotopic (exact) mass is 255 g/mol. The highest BCUT2D eigenvalue weighted by molar-refractivity contribution is 9.10. The minimum Gasteiger partial charge on any atom is -0.491 e. The van der Waals surface area contributed by atoms with E-state index in [1.807, 2.05) is 18.2 Å². The summed E-state index contributed by atoms with van der Waals surface area (Å²) in [6.45, 7) is 0.143. The van der Waals surface area contributed by atoms with Gasteiger partial charge >= 0.3 is 0 Å². The quantitative estimate of drug-likeness (QED) is 0.897. The minimum atomic E-state index is -0.723. The molecule has 0 aliphatic rings. The van der Waals surface area contributed by atoms with Gasteiger partial charge in [0, 0.05) is 4.47 Å². The van der Waals surface area contributed by atoms with Crippen LogP contribution in [-0.4, -0.2) is 17.8 Å². The molecule has 0 saturated heterocycles. The highest BCUT2D eigenvalue weighted by atomic mass is 79.9. The first-order valence-electron chi connectivity index (χ1n) is 4.16. The van der Waals surface area contributed by atoms with Gasteiger partial charge in [-0.15, -0.1) is 0 Å². The van der Waals surface area contributed by atoms with Gasteiger partial charge in [0.1, 0.15) is 18.5 Å². The number of hydrogen-bond donors (Lipinski definition) is 1. The molecule has 0 bridgehead atoms. The highest BCUT2D eigenvalue weighted by Gasteiger charge is 2.03. The summed E-state index contributed by atoms with van der Waals surface area (Å²) < 4.78 is 6.19. The summed E-state index contributed by atoms with van der Waals surface area (Å²) >= 11 is 3.31. The molecule has 1 rings (SSSR count). The van der Waals surface area contributed by atoms with Crippen LogP contribution >= 0.6 is 15.9 Å². The number of nitriles is 1. The molecule has 0 spiro atoms. The zero-order valence-corrected chi connectivity index (χ0v) is 9.07. The smallest absolute Gasteiger partial charge is 0.120 e. The number of nitrogens with zero attached hydrogens (tertiary/aromatic N) is 1. The van der Waals surface area contributed by atoms with Crippen molar-refractivity contribution in [3.63, 3.8) is 0 Å². The lowest BCUT2D eigenvalue weighted by Gasteiger charge is -2.09. The second-order valence-electron chi connectivity index (χ2n) is 2.78. The van der Waals surface area contributed by atoms with E-state index in [2.05, 4.69) is 15.9 Å². The van der Waals surface area contributed by atoms with Crippen molar-refractivity contribution in [2.24, 2.45) is 0 Å². The molecule has 1 atom stereocenters. The number of hydrogen-bond acceptors (Lipinski definition) is 3. The SMILES string of the molecule is N#CCC(O)COc1cccc(Br)c1. The lowest BCUT2D eigenvalue weighted by atomic mass is 10.3. The standard InChI is InChI=1S/C10H10BrNO2/c11-8-2-1-3-10(6-8)14-7-9(13)4-5-12/h1-3,6,9,13H,4,7H2. The fourth-order valence-electron chi connectivity index (χ4n) is 0.914. The van der Waals surface area contributed by atoms with Crippen LogP contribution in [0.15, 0.2) is 28.7 Å². The van der Waals surface area contributed by atoms with Gasteiger partial charge in [0.05, 0.1) is 12.5 Å². The van der Waals surface area contributed by atoms with Crippen molar-refractivity contribution in [3.8, 4) is 11.8 Å². The van der Waals surface area contributed by atoms with E-state index in [1.54, 1.807) is 12.1 Å².